The molecule has 102 valence electrons. The van der Waals surface area contributed by atoms with Crippen LogP contribution in [0.4, 0.5) is 0 Å². The van der Waals surface area contributed by atoms with Crippen molar-refractivity contribution < 1.29 is 8.42 Å². The predicted molar refractivity (Wildman–Crippen MR) is 76.7 cm³/mol. The van der Waals surface area contributed by atoms with Gasteiger partial charge in [0.25, 0.3) is 0 Å². The van der Waals surface area contributed by atoms with Crippen LogP contribution in [-0.4, -0.2) is 33.0 Å². The zero-order valence-corrected chi connectivity index (χ0v) is 12.0. The van der Waals surface area contributed by atoms with E-state index in [4.69, 9.17) is 0 Å². The van der Waals surface area contributed by atoms with E-state index in [9.17, 15) is 8.42 Å². The van der Waals surface area contributed by atoms with Crippen molar-refractivity contribution in [3.05, 3.63) is 35.9 Å². The molecule has 0 saturated carbocycles. The number of rotatable bonds is 8. The van der Waals surface area contributed by atoms with Gasteiger partial charge >= 0.3 is 0 Å². The van der Waals surface area contributed by atoms with Gasteiger partial charge in [-0.2, -0.15) is 0 Å². The zero-order chi connectivity index (χ0) is 13.4. The summed E-state index contributed by atoms with van der Waals surface area (Å²) in [6, 6.07) is 10.2. The highest BCUT2D eigenvalue weighted by molar-refractivity contribution is 7.91. The molecule has 3 nitrogen and oxygen atoms in total. The van der Waals surface area contributed by atoms with Crippen LogP contribution in [0.2, 0.25) is 0 Å². The van der Waals surface area contributed by atoms with Gasteiger partial charge in [-0.3, -0.25) is 0 Å². The van der Waals surface area contributed by atoms with Gasteiger partial charge in [0.1, 0.15) is 0 Å². The van der Waals surface area contributed by atoms with Crippen molar-refractivity contribution >= 4 is 9.84 Å². The maximum atomic E-state index is 11.5. The topological polar surface area (TPSA) is 46.2 Å². The molecule has 1 rings (SSSR count). The molecular weight excluding hydrogens is 246 g/mol. The summed E-state index contributed by atoms with van der Waals surface area (Å²) in [5, 5.41) is 3.22. The Morgan fingerprint density at radius 2 is 1.83 bits per heavy atom. The van der Waals surface area contributed by atoms with Gasteiger partial charge in [0.2, 0.25) is 0 Å². The summed E-state index contributed by atoms with van der Waals surface area (Å²) in [5.74, 6) is 0.936. The van der Waals surface area contributed by atoms with E-state index < -0.39 is 9.84 Å². The summed E-state index contributed by atoms with van der Waals surface area (Å²) >= 11 is 0. The molecule has 0 aliphatic carbocycles. The van der Waals surface area contributed by atoms with Crippen LogP contribution in [0.15, 0.2) is 30.3 Å². The molecule has 1 atom stereocenters. The largest absolute Gasteiger partial charge is 0.315 e. The highest BCUT2D eigenvalue weighted by Gasteiger charge is 2.09. The smallest absolute Gasteiger partial charge is 0.151 e. The molecule has 0 aliphatic heterocycles. The molecule has 1 aromatic carbocycles. The van der Waals surface area contributed by atoms with Gasteiger partial charge in [-0.15, -0.1) is 0 Å². The lowest BCUT2D eigenvalue weighted by Crippen LogP contribution is -2.27. The SMILES string of the molecule is CCCS(=O)(=O)CCNCC(C)c1ccccc1. The van der Waals surface area contributed by atoms with E-state index in [1.165, 1.54) is 5.56 Å². The van der Waals surface area contributed by atoms with Crippen molar-refractivity contribution in [1.29, 1.82) is 0 Å². The molecule has 0 saturated heterocycles. The third kappa shape index (κ3) is 5.65. The van der Waals surface area contributed by atoms with Crippen LogP contribution in [0.5, 0.6) is 0 Å². The molecule has 1 unspecified atom stereocenters. The van der Waals surface area contributed by atoms with Crippen molar-refractivity contribution in [1.82, 2.24) is 5.32 Å². The lowest BCUT2D eigenvalue weighted by molar-refractivity contribution is 0.584. The van der Waals surface area contributed by atoms with E-state index in [0.29, 0.717) is 24.6 Å². The molecule has 0 bridgehead atoms. The second-order valence-electron chi connectivity index (χ2n) is 4.67. The molecule has 4 heteroatoms. The van der Waals surface area contributed by atoms with Crippen LogP contribution in [0.3, 0.4) is 0 Å². The van der Waals surface area contributed by atoms with E-state index in [-0.39, 0.29) is 5.75 Å². The van der Waals surface area contributed by atoms with E-state index in [1.54, 1.807) is 0 Å². The van der Waals surface area contributed by atoms with Gasteiger partial charge in [0.05, 0.1) is 5.75 Å². The number of benzene rings is 1. The Labute approximate surface area is 111 Å². The molecule has 0 aromatic heterocycles. The van der Waals surface area contributed by atoms with E-state index in [0.717, 1.165) is 6.54 Å². The predicted octanol–water partition coefficient (Wildman–Crippen LogP) is 2.20. The number of sulfone groups is 1. The van der Waals surface area contributed by atoms with Crippen LogP contribution in [0, 0.1) is 0 Å². The fourth-order valence-corrected chi connectivity index (χ4v) is 3.14. The molecule has 18 heavy (non-hydrogen) atoms. The molecule has 1 aromatic rings. The molecule has 0 aliphatic rings. The third-order valence-corrected chi connectivity index (χ3v) is 4.78. The lowest BCUT2D eigenvalue weighted by atomic mass is 10.0. The number of nitrogens with one attached hydrogen (secondary N) is 1. The minimum Gasteiger partial charge on any atom is -0.315 e. The van der Waals surface area contributed by atoms with Crippen LogP contribution >= 0.6 is 0 Å². The molecule has 0 fully saturated rings. The maximum Gasteiger partial charge on any atom is 0.151 e. The summed E-state index contributed by atoms with van der Waals surface area (Å²) < 4.78 is 23.0. The van der Waals surface area contributed by atoms with Gasteiger partial charge < -0.3 is 5.32 Å². The first kappa shape index (κ1) is 15.2. The van der Waals surface area contributed by atoms with Crippen molar-refractivity contribution in [2.24, 2.45) is 0 Å². The van der Waals surface area contributed by atoms with Crippen LogP contribution in [0.1, 0.15) is 31.7 Å². The van der Waals surface area contributed by atoms with Crippen molar-refractivity contribution in [2.75, 3.05) is 24.6 Å². The van der Waals surface area contributed by atoms with Crippen LogP contribution in [0.25, 0.3) is 0 Å². The minimum absolute atomic E-state index is 0.238. The standard InChI is InChI=1S/C14H23NO2S/c1-3-10-18(16,17)11-9-15-12-13(2)14-7-5-4-6-8-14/h4-8,13,15H,3,9-12H2,1-2H3. The Morgan fingerprint density at radius 3 is 2.44 bits per heavy atom. The van der Waals surface area contributed by atoms with Gasteiger partial charge in [0.15, 0.2) is 9.84 Å². The van der Waals surface area contributed by atoms with Gasteiger partial charge in [-0.1, -0.05) is 44.2 Å². The Hall–Kier alpha value is -0.870. The van der Waals surface area contributed by atoms with Crippen molar-refractivity contribution in [2.45, 2.75) is 26.2 Å². The second-order valence-corrected chi connectivity index (χ2v) is 6.97. The van der Waals surface area contributed by atoms with Crippen LogP contribution in [-0.2, 0) is 9.84 Å². The molecule has 0 radical (unpaired) electrons. The lowest BCUT2D eigenvalue weighted by Gasteiger charge is -2.13. The van der Waals surface area contributed by atoms with E-state index >= 15 is 0 Å². The maximum absolute atomic E-state index is 11.5. The summed E-state index contributed by atoms with van der Waals surface area (Å²) in [6.45, 7) is 5.39. The highest BCUT2D eigenvalue weighted by atomic mass is 32.2. The Balaban J connectivity index is 2.27. The van der Waals surface area contributed by atoms with Gasteiger partial charge in [-0.05, 0) is 17.9 Å². The first-order valence-electron chi connectivity index (χ1n) is 6.51. The average molecular weight is 269 g/mol. The Kier molecular flexibility index (Phi) is 6.36. The summed E-state index contributed by atoms with van der Waals surface area (Å²) in [6.07, 6.45) is 0.697. The summed E-state index contributed by atoms with van der Waals surface area (Å²) in [7, 11) is -2.86. The zero-order valence-electron chi connectivity index (χ0n) is 11.2. The Bertz CT molecular complexity index is 428. The monoisotopic (exact) mass is 269 g/mol. The molecular formula is C14H23NO2S. The number of hydrogen-bond donors (Lipinski definition) is 1. The van der Waals surface area contributed by atoms with Gasteiger partial charge in [0, 0.05) is 18.8 Å². The van der Waals surface area contributed by atoms with Gasteiger partial charge in [-0.25, -0.2) is 8.42 Å². The molecule has 0 amide bonds. The second kappa shape index (κ2) is 7.54. The average Bonchev–Trinajstić information content (AvgIpc) is 2.35. The third-order valence-electron chi connectivity index (χ3n) is 2.92. The fourth-order valence-electron chi connectivity index (χ4n) is 1.86. The van der Waals surface area contributed by atoms with Crippen molar-refractivity contribution in [3.8, 4) is 0 Å². The normalized spacial score (nSPS) is 13.4. The highest BCUT2D eigenvalue weighted by Crippen LogP contribution is 2.12. The summed E-state index contributed by atoms with van der Waals surface area (Å²) in [4.78, 5) is 0. The first-order chi connectivity index (χ1) is 8.55. The summed E-state index contributed by atoms with van der Waals surface area (Å²) in [5.41, 5.74) is 1.28. The van der Waals surface area contributed by atoms with Crippen molar-refractivity contribution in [3.63, 3.8) is 0 Å². The minimum atomic E-state index is -2.86. The van der Waals surface area contributed by atoms with E-state index in [2.05, 4.69) is 24.4 Å². The number of hydrogen-bond acceptors (Lipinski definition) is 3. The fraction of sp³-hybridized carbons (Fsp3) is 0.571. The molecule has 1 N–H and O–H groups in total. The Morgan fingerprint density at radius 1 is 1.17 bits per heavy atom. The molecule has 0 heterocycles. The van der Waals surface area contributed by atoms with Crippen LogP contribution < -0.4 is 5.32 Å². The van der Waals surface area contributed by atoms with E-state index in [1.807, 2.05) is 25.1 Å². The quantitative estimate of drug-likeness (QED) is 0.736. The molecule has 0 spiro atoms. The first-order valence-corrected chi connectivity index (χ1v) is 8.33.